The van der Waals surface area contributed by atoms with Gasteiger partial charge in [-0.3, -0.25) is 14.4 Å². The predicted octanol–water partition coefficient (Wildman–Crippen LogP) is 3.16. The Kier molecular flexibility index (Phi) is 6.09. The summed E-state index contributed by atoms with van der Waals surface area (Å²) in [6, 6.07) is 14.1. The number of anilines is 1. The third-order valence-corrected chi connectivity index (χ3v) is 4.88. The highest BCUT2D eigenvalue weighted by molar-refractivity contribution is 5.99. The van der Waals surface area contributed by atoms with Crippen LogP contribution in [0.25, 0.3) is 0 Å². The van der Waals surface area contributed by atoms with Crippen molar-refractivity contribution in [3.63, 3.8) is 0 Å². The summed E-state index contributed by atoms with van der Waals surface area (Å²) >= 11 is 0. The van der Waals surface area contributed by atoms with Crippen LogP contribution in [-0.4, -0.2) is 31.4 Å². The van der Waals surface area contributed by atoms with E-state index in [1.54, 1.807) is 23.1 Å². The first-order valence-corrected chi connectivity index (χ1v) is 9.32. The van der Waals surface area contributed by atoms with Crippen molar-refractivity contribution in [1.82, 2.24) is 5.32 Å². The lowest BCUT2D eigenvalue weighted by atomic mass is 10.0. The third-order valence-electron chi connectivity index (χ3n) is 4.88. The molecule has 1 saturated heterocycles. The molecule has 3 rings (SSSR count). The van der Waals surface area contributed by atoms with Gasteiger partial charge in [-0.25, -0.2) is 0 Å². The van der Waals surface area contributed by atoms with Gasteiger partial charge in [0.2, 0.25) is 5.91 Å². The average molecular weight is 380 g/mol. The molecule has 2 aromatic rings. The van der Waals surface area contributed by atoms with E-state index in [9.17, 15) is 14.4 Å². The maximum atomic E-state index is 12.8. The summed E-state index contributed by atoms with van der Waals surface area (Å²) in [5.74, 6) is -0.633. The molecule has 1 aliphatic heterocycles. The Morgan fingerprint density at radius 2 is 1.93 bits per heavy atom. The van der Waals surface area contributed by atoms with Crippen LogP contribution < -0.4 is 10.2 Å². The summed E-state index contributed by atoms with van der Waals surface area (Å²) in [5, 5.41) is 2.92. The predicted molar refractivity (Wildman–Crippen MR) is 106 cm³/mol. The van der Waals surface area contributed by atoms with Crippen molar-refractivity contribution in [3.8, 4) is 0 Å². The zero-order chi connectivity index (χ0) is 20.1. The van der Waals surface area contributed by atoms with Gasteiger partial charge in [-0.05, 0) is 37.1 Å². The van der Waals surface area contributed by atoms with Gasteiger partial charge in [-0.1, -0.05) is 35.9 Å². The summed E-state index contributed by atoms with van der Waals surface area (Å²) in [7, 11) is 1.33. The van der Waals surface area contributed by atoms with Gasteiger partial charge in [0.25, 0.3) is 5.91 Å². The second kappa shape index (κ2) is 8.69. The second-order valence-electron chi connectivity index (χ2n) is 6.92. The molecule has 1 heterocycles. The van der Waals surface area contributed by atoms with E-state index in [-0.39, 0.29) is 18.2 Å². The van der Waals surface area contributed by atoms with Crippen molar-refractivity contribution < 1.29 is 19.1 Å². The summed E-state index contributed by atoms with van der Waals surface area (Å²) in [4.78, 5) is 38.3. The van der Waals surface area contributed by atoms with E-state index in [1.807, 2.05) is 37.3 Å². The lowest BCUT2D eigenvalue weighted by molar-refractivity contribution is -0.141. The van der Waals surface area contributed by atoms with E-state index in [0.29, 0.717) is 18.5 Å². The number of ether oxygens (including phenoxy) is 1. The zero-order valence-electron chi connectivity index (χ0n) is 16.1. The number of nitrogens with zero attached hydrogens (tertiary/aromatic N) is 1. The fourth-order valence-electron chi connectivity index (χ4n) is 3.28. The SMILES string of the molecule is COC(=O)C[C@@H](NC(=O)c1cccc(N2CCCC2=O)c1)c1ccc(C)cc1. The van der Waals surface area contributed by atoms with Gasteiger partial charge >= 0.3 is 5.97 Å². The van der Waals surface area contributed by atoms with Gasteiger partial charge < -0.3 is 15.0 Å². The van der Waals surface area contributed by atoms with Gasteiger partial charge in [0, 0.05) is 24.2 Å². The van der Waals surface area contributed by atoms with E-state index in [2.05, 4.69) is 5.32 Å². The number of methoxy groups -OCH3 is 1. The Labute approximate surface area is 164 Å². The zero-order valence-corrected chi connectivity index (χ0v) is 16.1. The fourth-order valence-corrected chi connectivity index (χ4v) is 3.28. The molecule has 1 fully saturated rings. The minimum atomic E-state index is -0.502. The van der Waals surface area contributed by atoms with Crippen LogP contribution in [0.4, 0.5) is 5.69 Å². The summed E-state index contributed by atoms with van der Waals surface area (Å²) in [6.45, 7) is 2.64. The molecular formula is C22H24N2O4. The second-order valence-corrected chi connectivity index (χ2v) is 6.92. The van der Waals surface area contributed by atoms with Crippen LogP contribution in [0.3, 0.4) is 0 Å². The van der Waals surface area contributed by atoms with Crippen LogP contribution in [-0.2, 0) is 14.3 Å². The van der Waals surface area contributed by atoms with Crippen LogP contribution in [0.1, 0.15) is 46.8 Å². The molecule has 0 aliphatic carbocycles. The quantitative estimate of drug-likeness (QED) is 0.781. The monoisotopic (exact) mass is 380 g/mol. The molecule has 28 heavy (non-hydrogen) atoms. The maximum Gasteiger partial charge on any atom is 0.307 e. The van der Waals surface area contributed by atoms with Crippen molar-refractivity contribution in [2.45, 2.75) is 32.2 Å². The number of carbonyl (C=O) groups excluding carboxylic acids is 3. The van der Waals surface area contributed by atoms with E-state index in [4.69, 9.17) is 4.74 Å². The topological polar surface area (TPSA) is 75.7 Å². The number of esters is 1. The molecule has 2 aromatic carbocycles. The van der Waals surface area contributed by atoms with Crippen molar-refractivity contribution >= 4 is 23.5 Å². The van der Waals surface area contributed by atoms with E-state index >= 15 is 0 Å². The van der Waals surface area contributed by atoms with E-state index in [1.165, 1.54) is 7.11 Å². The molecule has 1 N–H and O–H groups in total. The molecule has 1 atom stereocenters. The van der Waals surface area contributed by atoms with Crippen molar-refractivity contribution in [2.24, 2.45) is 0 Å². The Balaban J connectivity index is 1.80. The van der Waals surface area contributed by atoms with E-state index in [0.717, 1.165) is 23.2 Å². The van der Waals surface area contributed by atoms with Gasteiger partial charge in [0.15, 0.2) is 0 Å². The highest BCUT2D eigenvalue weighted by Gasteiger charge is 2.23. The highest BCUT2D eigenvalue weighted by atomic mass is 16.5. The first-order valence-electron chi connectivity index (χ1n) is 9.32. The normalized spacial score (nSPS) is 14.6. The molecule has 146 valence electrons. The van der Waals surface area contributed by atoms with Crippen LogP contribution in [0.2, 0.25) is 0 Å². The molecule has 0 radical (unpaired) electrons. The van der Waals surface area contributed by atoms with Crippen LogP contribution in [0.15, 0.2) is 48.5 Å². The molecule has 6 heteroatoms. The number of benzene rings is 2. The minimum Gasteiger partial charge on any atom is -0.469 e. The van der Waals surface area contributed by atoms with Gasteiger partial charge in [-0.2, -0.15) is 0 Å². The van der Waals surface area contributed by atoms with Gasteiger partial charge in [0.05, 0.1) is 19.6 Å². The highest BCUT2D eigenvalue weighted by Crippen LogP contribution is 2.23. The number of carbonyl (C=O) groups is 3. The number of hydrogen-bond acceptors (Lipinski definition) is 4. The molecule has 0 unspecified atom stereocenters. The number of nitrogens with one attached hydrogen (secondary N) is 1. The van der Waals surface area contributed by atoms with Crippen LogP contribution in [0, 0.1) is 6.92 Å². The number of amides is 2. The smallest absolute Gasteiger partial charge is 0.307 e. The number of rotatable bonds is 6. The average Bonchev–Trinajstić information content (AvgIpc) is 3.14. The number of aryl methyl sites for hydroxylation is 1. The molecule has 6 nitrogen and oxygen atoms in total. The summed E-state index contributed by atoms with van der Waals surface area (Å²) in [6.07, 6.45) is 1.39. The Morgan fingerprint density at radius 3 is 2.57 bits per heavy atom. The lowest BCUT2D eigenvalue weighted by Crippen LogP contribution is -2.31. The molecule has 2 amide bonds. The minimum absolute atomic E-state index is 0.0373. The summed E-state index contributed by atoms with van der Waals surface area (Å²) < 4.78 is 4.78. The molecule has 0 saturated carbocycles. The van der Waals surface area contributed by atoms with Crippen molar-refractivity contribution in [1.29, 1.82) is 0 Å². The van der Waals surface area contributed by atoms with Gasteiger partial charge in [-0.15, -0.1) is 0 Å². The standard InChI is InChI=1S/C22H24N2O4/c1-15-8-10-16(11-9-15)19(14-21(26)28-2)23-22(27)17-5-3-6-18(13-17)24-12-4-7-20(24)25/h3,5-6,8-11,13,19H,4,7,12,14H2,1-2H3,(H,23,27)/t19-/m1/s1. The first-order chi connectivity index (χ1) is 13.5. The molecular weight excluding hydrogens is 356 g/mol. The first kappa shape index (κ1) is 19.6. The van der Waals surface area contributed by atoms with Crippen LogP contribution >= 0.6 is 0 Å². The Morgan fingerprint density at radius 1 is 1.18 bits per heavy atom. The lowest BCUT2D eigenvalue weighted by Gasteiger charge is -2.20. The van der Waals surface area contributed by atoms with Crippen LogP contribution in [0.5, 0.6) is 0 Å². The van der Waals surface area contributed by atoms with Crippen molar-refractivity contribution in [2.75, 3.05) is 18.6 Å². The Hall–Kier alpha value is -3.15. The molecule has 0 bridgehead atoms. The van der Waals surface area contributed by atoms with Crippen molar-refractivity contribution in [3.05, 3.63) is 65.2 Å². The van der Waals surface area contributed by atoms with E-state index < -0.39 is 12.0 Å². The fraction of sp³-hybridized carbons (Fsp3) is 0.318. The molecule has 0 aromatic heterocycles. The summed E-state index contributed by atoms with van der Waals surface area (Å²) in [5.41, 5.74) is 3.08. The number of hydrogen-bond donors (Lipinski definition) is 1. The van der Waals surface area contributed by atoms with Gasteiger partial charge in [0.1, 0.15) is 0 Å². The Bertz CT molecular complexity index is 876. The largest absolute Gasteiger partial charge is 0.469 e. The molecule has 0 spiro atoms. The maximum absolute atomic E-state index is 12.8. The molecule has 1 aliphatic rings. The third kappa shape index (κ3) is 4.57.